The molecule has 1 heterocycles. The van der Waals surface area contributed by atoms with E-state index in [9.17, 15) is 4.79 Å². The van der Waals surface area contributed by atoms with Crippen LogP contribution in [0.3, 0.4) is 0 Å². The van der Waals surface area contributed by atoms with Gasteiger partial charge >= 0.3 is 0 Å². The Labute approximate surface area is 124 Å². The number of aromatic nitrogens is 1. The van der Waals surface area contributed by atoms with Gasteiger partial charge in [0.05, 0.1) is 12.3 Å². The molecule has 2 rings (SSSR count). The van der Waals surface area contributed by atoms with Crippen molar-refractivity contribution >= 4 is 5.78 Å². The first kappa shape index (κ1) is 15.2. The van der Waals surface area contributed by atoms with Crippen LogP contribution in [0.2, 0.25) is 0 Å². The molecular formula is C17H19NO3. The molecule has 4 nitrogen and oxygen atoms in total. The van der Waals surface area contributed by atoms with E-state index in [4.69, 9.17) is 9.47 Å². The third kappa shape index (κ3) is 5.00. The molecule has 0 bridgehead atoms. The van der Waals surface area contributed by atoms with Gasteiger partial charge < -0.3 is 9.47 Å². The summed E-state index contributed by atoms with van der Waals surface area (Å²) in [5, 5.41) is 0. The first-order valence-electron chi connectivity index (χ1n) is 7.03. The van der Waals surface area contributed by atoms with Gasteiger partial charge in [0.15, 0.2) is 5.78 Å². The van der Waals surface area contributed by atoms with Crippen LogP contribution in [0.5, 0.6) is 5.75 Å². The second kappa shape index (κ2) is 8.17. The topological polar surface area (TPSA) is 48.4 Å². The number of hydrogen-bond donors (Lipinski definition) is 0. The Morgan fingerprint density at radius 1 is 1.10 bits per heavy atom. The van der Waals surface area contributed by atoms with Crippen molar-refractivity contribution < 1.29 is 14.3 Å². The summed E-state index contributed by atoms with van der Waals surface area (Å²) in [5.74, 6) is 0.884. The van der Waals surface area contributed by atoms with Gasteiger partial charge in [-0.3, -0.25) is 9.78 Å². The fourth-order valence-electron chi connectivity index (χ4n) is 1.76. The number of carbonyl (C=O) groups excluding carboxylic acids is 1. The average molecular weight is 285 g/mol. The minimum absolute atomic E-state index is 0.106. The highest BCUT2D eigenvalue weighted by atomic mass is 16.5. The lowest BCUT2D eigenvalue weighted by Crippen LogP contribution is -2.12. The maximum Gasteiger partial charge on any atom is 0.158 e. The highest BCUT2D eigenvalue weighted by Crippen LogP contribution is 2.20. The number of ketones is 1. The molecule has 1 aromatic carbocycles. The van der Waals surface area contributed by atoms with Gasteiger partial charge in [-0.15, -0.1) is 0 Å². The minimum atomic E-state index is 0.106. The molecule has 0 saturated carbocycles. The van der Waals surface area contributed by atoms with Gasteiger partial charge in [0.2, 0.25) is 0 Å². The fourth-order valence-corrected chi connectivity index (χ4v) is 1.76. The van der Waals surface area contributed by atoms with Gasteiger partial charge in [-0.2, -0.15) is 0 Å². The zero-order chi connectivity index (χ0) is 14.9. The number of Topliss-reactive ketones (excluding diaryl/α,β-unsaturated/α-hetero) is 1. The summed E-state index contributed by atoms with van der Waals surface area (Å²) in [5.41, 5.74) is 1.98. The molecule has 0 aliphatic carbocycles. The zero-order valence-corrected chi connectivity index (χ0v) is 12.1. The number of ether oxygens (including phenoxy) is 2. The lowest BCUT2D eigenvalue weighted by molar-refractivity contribution is -0.123. The van der Waals surface area contributed by atoms with Crippen LogP contribution in [-0.4, -0.2) is 30.6 Å². The Bertz CT molecular complexity index is 552. The molecule has 110 valence electrons. The highest BCUT2D eigenvalue weighted by Gasteiger charge is 2.00. The average Bonchev–Trinajstić information content (AvgIpc) is 2.55. The van der Waals surface area contributed by atoms with Gasteiger partial charge in [0.25, 0.3) is 0 Å². The van der Waals surface area contributed by atoms with Crippen LogP contribution in [0, 0.1) is 0 Å². The summed E-state index contributed by atoms with van der Waals surface area (Å²) >= 11 is 0. The summed E-state index contributed by atoms with van der Waals surface area (Å²) in [6.45, 7) is 2.83. The number of hydrogen-bond acceptors (Lipinski definition) is 4. The third-order valence-corrected chi connectivity index (χ3v) is 2.97. The molecule has 21 heavy (non-hydrogen) atoms. The zero-order valence-electron chi connectivity index (χ0n) is 12.1. The maximum absolute atomic E-state index is 11.0. The number of pyridine rings is 1. The van der Waals surface area contributed by atoms with E-state index in [0.717, 1.165) is 17.0 Å². The third-order valence-electron chi connectivity index (χ3n) is 2.97. The molecule has 0 atom stereocenters. The molecule has 0 aliphatic rings. The molecular weight excluding hydrogens is 266 g/mol. The van der Waals surface area contributed by atoms with Crippen LogP contribution in [0.15, 0.2) is 48.7 Å². The van der Waals surface area contributed by atoms with E-state index in [1.54, 1.807) is 6.20 Å². The molecule has 0 radical (unpaired) electrons. The number of nitrogens with zero attached hydrogens (tertiary/aromatic N) is 1. The molecule has 0 fully saturated rings. The molecule has 4 heteroatoms. The maximum atomic E-state index is 11.0. The fraction of sp³-hybridized carbons (Fsp3) is 0.294. The van der Waals surface area contributed by atoms with E-state index in [1.807, 2.05) is 49.4 Å². The second-order valence-electron chi connectivity index (χ2n) is 4.53. The quantitative estimate of drug-likeness (QED) is 0.699. The Morgan fingerprint density at radius 3 is 2.57 bits per heavy atom. The van der Waals surface area contributed by atoms with Crippen LogP contribution >= 0.6 is 0 Å². The van der Waals surface area contributed by atoms with Crippen molar-refractivity contribution in [2.45, 2.75) is 13.3 Å². The minimum Gasteiger partial charge on any atom is -0.491 e. The lowest BCUT2D eigenvalue weighted by Gasteiger charge is -2.07. The first-order valence-corrected chi connectivity index (χ1v) is 7.03. The second-order valence-corrected chi connectivity index (χ2v) is 4.53. The number of rotatable bonds is 8. The van der Waals surface area contributed by atoms with Crippen molar-refractivity contribution in [3.63, 3.8) is 0 Å². The molecule has 0 spiro atoms. The van der Waals surface area contributed by atoms with Crippen LogP contribution in [0.1, 0.15) is 13.3 Å². The van der Waals surface area contributed by atoms with Gasteiger partial charge in [0.1, 0.15) is 19.0 Å². The summed E-state index contributed by atoms with van der Waals surface area (Å²) in [7, 11) is 0. The molecule has 0 amide bonds. The van der Waals surface area contributed by atoms with E-state index in [0.29, 0.717) is 19.6 Å². The van der Waals surface area contributed by atoms with Gasteiger partial charge in [-0.1, -0.05) is 13.0 Å². The van der Waals surface area contributed by atoms with Gasteiger partial charge in [-0.25, -0.2) is 0 Å². The van der Waals surface area contributed by atoms with Crippen molar-refractivity contribution in [1.82, 2.24) is 4.98 Å². The first-order chi connectivity index (χ1) is 10.3. The van der Waals surface area contributed by atoms with Crippen molar-refractivity contribution in [2.75, 3.05) is 19.8 Å². The van der Waals surface area contributed by atoms with Crippen LogP contribution in [0.4, 0.5) is 0 Å². The van der Waals surface area contributed by atoms with Crippen molar-refractivity contribution in [1.29, 1.82) is 0 Å². The Morgan fingerprint density at radius 2 is 1.90 bits per heavy atom. The van der Waals surface area contributed by atoms with E-state index in [1.165, 1.54) is 0 Å². The molecule has 0 aliphatic heterocycles. The molecule has 0 unspecified atom stereocenters. The van der Waals surface area contributed by atoms with Crippen LogP contribution < -0.4 is 4.74 Å². The number of benzene rings is 1. The lowest BCUT2D eigenvalue weighted by atomic mass is 10.1. The van der Waals surface area contributed by atoms with E-state index in [-0.39, 0.29) is 12.4 Å². The summed E-state index contributed by atoms with van der Waals surface area (Å²) < 4.78 is 10.8. The Hall–Kier alpha value is -2.20. The smallest absolute Gasteiger partial charge is 0.158 e. The van der Waals surface area contributed by atoms with E-state index < -0.39 is 0 Å². The largest absolute Gasteiger partial charge is 0.491 e. The normalized spacial score (nSPS) is 10.3. The van der Waals surface area contributed by atoms with Crippen LogP contribution in [0.25, 0.3) is 11.3 Å². The summed E-state index contributed by atoms with van der Waals surface area (Å²) in [6.07, 6.45) is 2.28. The predicted octanol–water partition coefficient (Wildman–Crippen LogP) is 3.12. The Balaban J connectivity index is 1.77. The highest BCUT2D eigenvalue weighted by molar-refractivity contribution is 5.79. The SMILES string of the molecule is CCC(=O)COCCOc1ccc(-c2ccccn2)cc1. The van der Waals surface area contributed by atoms with E-state index >= 15 is 0 Å². The van der Waals surface area contributed by atoms with Crippen molar-refractivity contribution in [3.05, 3.63) is 48.7 Å². The molecule has 0 N–H and O–H groups in total. The monoisotopic (exact) mass is 285 g/mol. The van der Waals surface area contributed by atoms with Crippen LogP contribution in [-0.2, 0) is 9.53 Å². The van der Waals surface area contributed by atoms with Crippen molar-refractivity contribution in [3.8, 4) is 17.0 Å². The van der Waals surface area contributed by atoms with Crippen molar-refractivity contribution in [2.24, 2.45) is 0 Å². The predicted molar refractivity (Wildman–Crippen MR) is 81.3 cm³/mol. The van der Waals surface area contributed by atoms with Gasteiger partial charge in [0, 0.05) is 18.2 Å². The van der Waals surface area contributed by atoms with Gasteiger partial charge in [-0.05, 0) is 36.4 Å². The molecule has 0 saturated heterocycles. The standard InChI is InChI=1S/C17H19NO3/c1-2-15(19)13-20-11-12-21-16-8-6-14(7-9-16)17-5-3-4-10-18-17/h3-10H,2,11-13H2,1H3. The molecule has 2 aromatic rings. The number of carbonyl (C=O) groups is 1. The summed E-state index contributed by atoms with van der Waals surface area (Å²) in [6, 6.07) is 13.6. The summed E-state index contributed by atoms with van der Waals surface area (Å²) in [4.78, 5) is 15.3. The van der Waals surface area contributed by atoms with E-state index in [2.05, 4.69) is 4.98 Å². The Kier molecular flexibility index (Phi) is 5.91. The molecule has 1 aromatic heterocycles.